The van der Waals surface area contributed by atoms with Gasteiger partial charge in [-0.15, -0.1) is 0 Å². The van der Waals surface area contributed by atoms with Crippen LogP contribution in [-0.2, 0) is 9.84 Å². The molecule has 0 aliphatic rings. The van der Waals surface area contributed by atoms with Gasteiger partial charge in [0.25, 0.3) is 0 Å². The fraction of sp³-hybridized carbons (Fsp3) is 1.00. The van der Waals surface area contributed by atoms with E-state index in [4.69, 9.17) is 0 Å². The standard InChI is InChI=1S/C10H23NO3S/c1-5-10(12,6-2)8-11-9(3)7-15(4,13)14/h9,11-12H,5-8H2,1-4H3. The number of aliphatic hydroxyl groups is 1. The van der Waals surface area contributed by atoms with Gasteiger partial charge < -0.3 is 10.4 Å². The second-order valence-electron chi connectivity index (χ2n) is 4.31. The fourth-order valence-electron chi connectivity index (χ4n) is 1.38. The summed E-state index contributed by atoms with van der Waals surface area (Å²) in [6.45, 7) is 6.10. The molecule has 1 unspecified atom stereocenters. The molecule has 0 bridgehead atoms. The Kier molecular flexibility index (Phi) is 5.77. The van der Waals surface area contributed by atoms with Gasteiger partial charge in [0.05, 0.1) is 11.4 Å². The van der Waals surface area contributed by atoms with E-state index in [1.807, 2.05) is 20.8 Å². The van der Waals surface area contributed by atoms with Crippen LogP contribution in [0.25, 0.3) is 0 Å². The van der Waals surface area contributed by atoms with Gasteiger partial charge in [0.15, 0.2) is 0 Å². The van der Waals surface area contributed by atoms with Gasteiger partial charge in [0.2, 0.25) is 0 Å². The van der Waals surface area contributed by atoms with E-state index in [0.717, 1.165) is 0 Å². The Labute approximate surface area is 93.0 Å². The van der Waals surface area contributed by atoms with Crippen molar-refractivity contribution < 1.29 is 13.5 Å². The van der Waals surface area contributed by atoms with Crippen LogP contribution in [0.2, 0.25) is 0 Å². The SMILES string of the molecule is CCC(O)(CC)CNC(C)CS(C)(=O)=O. The maximum atomic E-state index is 11.0. The van der Waals surface area contributed by atoms with Crippen LogP contribution in [0.15, 0.2) is 0 Å². The Morgan fingerprint density at radius 2 is 1.80 bits per heavy atom. The van der Waals surface area contributed by atoms with E-state index in [-0.39, 0.29) is 11.8 Å². The van der Waals surface area contributed by atoms with Crippen LogP contribution < -0.4 is 5.32 Å². The molecule has 0 aliphatic carbocycles. The zero-order valence-corrected chi connectivity index (χ0v) is 10.9. The number of hydrogen-bond donors (Lipinski definition) is 2. The minimum Gasteiger partial charge on any atom is -0.389 e. The molecular weight excluding hydrogens is 214 g/mol. The molecule has 0 aromatic heterocycles. The average molecular weight is 237 g/mol. The minimum absolute atomic E-state index is 0.108. The third kappa shape index (κ3) is 6.87. The zero-order chi connectivity index (χ0) is 12.1. The normalized spacial score (nSPS) is 15.3. The van der Waals surface area contributed by atoms with E-state index in [9.17, 15) is 13.5 Å². The quantitative estimate of drug-likeness (QED) is 0.679. The van der Waals surface area contributed by atoms with Crippen LogP contribution in [-0.4, -0.2) is 43.7 Å². The van der Waals surface area contributed by atoms with Crippen LogP contribution in [0.3, 0.4) is 0 Å². The monoisotopic (exact) mass is 237 g/mol. The van der Waals surface area contributed by atoms with Crippen LogP contribution in [0.1, 0.15) is 33.6 Å². The van der Waals surface area contributed by atoms with Crippen molar-refractivity contribution in [2.75, 3.05) is 18.6 Å². The summed E-state index contributed by atoms with van der Waals surface area (Å²) in [5.41, 5.74) is -0.717. The molecule has 92 valence electrons. The molecular formula is C10H23NO3S. The average Bonchev–Trinajstić information content (AvgIpc) is 2.12. The van der Waals surface area contributed by atoms with E-state index in [2.05, 4.69) is 5.32 Å². The van der Waals surface area contributed by atoms with Crippen molar-refractivity contribution in [1.29, 1.82) is 0 Å². The molecule has 0 rings (SSSR count). The molecule has 0 heterocycles. The lowest BCUT2D eigenvalue weighted by atomic mass is 9.97. The molecule has 0 fully saturated rings. The summed E-state index contributed by atoms with van der Waals surface area (Å²) in [7, 11) is -2.95. The smallest absolute Gasteiger partial charge is 0.148 e. The largest absolute Gasteiger partial charge is 0.389 e. The number of rotatable bonds is 7. The maximum Gasteiger partial charge on any atom is 0.148 e. The summed E-state index contributed by atoms with van der Waals surface area (Å²) in [6, 6.07) is -0.121. The van der Waals surface area contributed by atoms with Crippen molar-refractivity contribution in [2.45, 2.75) is 45.3 Å². The van der Waals surface area contributed by atoms with Crippen molar-refractivity contribution in [3.63, 3.8) is 0 Å². The fourth-order valence-corrected chi connectivity index (χ4v) is 2.40. The Morgan fingerprint density at radius 1 is 1.33 bits per heavy atom. The van der Waals surface area contributed by atoms with E-state index >= 15 is 0 Å². The Balaban J connectivity index is 4.05. The molecule has 0 aliphatic heterocycles. The number of hydrogen-bond acceptors (Lipinski definition) is 4. The lowest BCUT2D eigenvalue weighted by Crippen LogP contribution is -2.44. The highest BCUT2D eigenvalue weighted by Crippen LogP contribution is 2.13. The van der Waals surface area contributed by atoms with Crippen molar-refractivity contribution in [3.8, 4) is 0 Å². The molecule has 0 aromatic carbocycles. The predicted molar refractivity (Wildman–Crippen MR) is 62.7 cm³/mol. The second kappa shape index (κ2) is 5.82. The molecule has 5 heteroatoms. The highest BCUT2D eigenvalue weighted by Gasteiger charge is 2.23. The lowest BCUT2D eigenvalue weighted by molar-refractivity contribution is 0.0309. The summed E-state index contributed by atoms with van der Waals surface area (Å²) in [5, 5.41) is 13.0. The van der Waals surface area contributed by atoms with Gasteiger partial charge in [-0.25, -0.2) is 8.42 Å². The van der Waals surface area contributed by atoms with Gasteiger partial charge in [-0.3, -0.25) is 0 Å². The van der Waals surface area contributed by atoms with Gasteiger partial charge in [-0.1, -0.05) is 13.8 Å². The summed E-state index contributed by atoms with van der Waals surface area (Å²) in [6.07, 6.45) is 2.56. The van der Waals surface area contributed by atoms with E-state index < -0.39 is 15.4 Å². The van der Waals surface area contributed by atoms with Crippen molar-refractivity contribution in [1.82, 2.24) is 5.32 Å². The molecule has 0 radical (unpaired) electrons. The van der Waals surface area contributed by atoms with Gasteiger partial charge in [0.1, 0.15) is 9.84 Å². The van der Waals surface area contributed by atoms with Crippen LogP contribution in [0.5, 0.6) is 0 Å². The first kappa shape index (κ1) is 14.9. The molecule has 0 saturated heterocycles. The third-order valence-electron chi connectivity index (χ3n) is 2.65. The Hall–Kier alpha value is -0.130. The molecule has 0 spiro atoms. The molecule has 0 aromatic rings. The summed E-state index contributed by atoms with van der Waals surface area (Å²) >= 11 is 0. The van der Waals surface area contributed by atoms with Gasteiger partial charge in [-0.05, 0) is 19.8 Å². The summed E-state index contributed by atoms with van der Waals surface area (Å²) in [4.78, 5) is 0. The van der Waals surface area contributed by atoms with Crippen molar-refractivity contribution >= 4 is 9.84 Å². The van der Waals surface area contributed by atoms with E-state index in [0.29, 0.717) is 19.4 Å². The summed E-state index contributed by atoms with van der Waals surface area (Å²) < 4.78 is 22.0. The topological polar surface area (TPSA) is 66.4 Å². The maximum absolute atomic E-state index is 11.0. The van der Waals surface area contributed by atoms with E-state index in [1.54, 1.807) is 0 Å². The number of nitrogens with one attached hydrogen (secondary N) is 1. The molecule has 0 saturated carbocycles. The van der Waals surface area contributed by atoms with Crippen LogP contribution >= 0.6 is 0 Å². The lowest BCUT2D eigenvalue weighted by Gasteiger charge is -2.27. The highest BCUT2D eigenvalue weighted by atomic mass is 32.2. The first-order valence-electron chi connectivity index (χ1n) is 5.36. The zero-order valence-electron chi connectivity index (χ0n) is 10.1. The highest BCUT2D eigenvalue weighted by molar-refractivity contribution is 7.90. The summed E-state index contributed by atoms with van der Waals surface area (Å²) in [5.74, 6) is 0.108. The van der Waals surface area contributed by atoms with Gasteiger partial charge in [0, 0.05) is 18.8 Å². The van der Waals surface area contributed by atoms with Crippen LogP contribution in [0, 0.1) is 0 Å². The Morgan fingerprint density at radius 3 is 2.13 bits per heavy atom. The Bertz CT molecular complexity index is 270. The predicted octanol–water partition coefficient (Wildman–Crippen LogP) is 0.560. The molecule has 0 amide bonds. The van der Waals surface area contributed by atoms with Crippen LogP contribution in [0.4, 0.5) is 0 Å². The molecule has 1 atom stereocenters. The molecule has 2 N–H and O–H groups in total. The van der Waals surface area contributed by atoms with E-state index in [1.165, 1.54) is 6.26 Å². The van der Waals surface area contributed by atoms with Gasteiger partial charge in [-0.2, -0.15) is 0 Å². The first-order chi connectivity index (χ1) is 6.72. The van der Waals surface area contributed by atoms with Gasteiger partial charge >= 0.3 is 0 Å². The third-order valence-corrected chi connectivity index (χ3v) is 3.75. The minimum atomic E-state index is -2.95. The molecule has 15 heavy (non-hydrogen) atoms. The first-order valence-corrected chi connectivity index (χ1v) is 7.42. The van der Waals surface area contributed by atoms with Crippen molar-refractivity contribution in [3.05, 3.63) is 0 Å². The second-order valence-corrected chi connectivity index (χ2v) is 6.49. The number of sulfone groups is 1. The van der Waals surface area contributed by atoms with Crippen molar-refractivity contribution in [2.24, 2.45) is 0 Å². The molecule has 4 nitrogen and oxygen atoms in total.